The van der Waals surface area contributed by atoms with Gasteiger partial charge in [0, 0.05) is 42.0 Å². The molecule has 5 nitrogen and oxygen atoms in total. The van der Waals surface area contributed by atoms with Gasteiger partial charge >= 0.3 is 0 Å². The largest absolute Gasteiger partial charge is 0.398 e. The summed E-state index contributed by atoms with van der Waals surface area (Å²) in [5, 5.41) is 0.510. The first-order chi connectivity index (χ1) is 9.10. The molecule has 0 saturated carbocycles. The van der Waals surface area contributed by atoms with Crippen LogP contribution in [0.3, 0.4) is 0 Å². The van der Waals surface area contributed by atoms with E-state index >= 15 is 0 Å². The van der Waals surface area contributed by atoms with E-state index in [1.54, 1.807) is 6.07 Å². The molecule has 6 heteroatoms. The Hall–Kier alpha value is -1.43. The Labute approximate surface area is 116 Å². The number of nitrogens with zero attached hydrogens (tertiary/aromatic N) is 2. The Kier molecular flexibility index (Phi) is 4.52. The van der Waals surface area contributed by atoms with Crippen LogP contribution in [0.5, 0.6) is 0 Å². The number of nitrogen functional groups attached to an aromatic ring is 1. The number of rotatable bonds is 3. The molecule has 104 valence electrons. The van der Waals surface area contributed by atoms with E-state index in [-0.39, 0.29) is 18.0 Å². The van der Waals surface area contributed by atoms with Crippen molar-refractivity contribution < 1.29 is 4.79 Å². The molecule has 2 N–H and O–H groups in total. The molecule has 0 aromatic carbocycles. The molecule has 1 saturated heterocycles. The van der Waals surface area contributed by atoms with Gasteiger partial charge in [-0.2, -0.15) is 11.8 Å². The van der Waals surface area contributed by atoms with Crippen molar-refractivity contribution in [3.8, 4) is 0 Å². The van der Waals surface area contributed by atoms with E-state index in [2.05, 4.69) is 6.92 Å². The number of hydrogen-bond donors (Lipinski definition) is 1. The molecular weight excluding hydrogens is 262 g/mol. The fourth-order valence-electron chi connectivity index (χ4n) is 2.11. The molecule has 1 amide bonds. The van der Waals surface area contributed by atoms with Gasteiger partial charge in [-0.25, -0.2) is 0 Å². The summed E-state index contributed by atoms with van der Waals surface area (Å²) in [6.07, 6.45) is 2.59. The van der Waals surface area contributed by atoms with Gasteiger partial charge in [-0.3, -0.25) is 9.59 Å². The van der Waals surface area contributed by atoms with E-state index in [1.165, 1.54) is 16.8 Å². The molecule has 2 rings (SSSR count). The van der Waals surface area contributed by atoms with Gasteiger partial charge in [-0.15, -0.1) is 0 Å². The molecule has 0 bridgehead atoms. The number of hydrogen-bond acceptors (Lipinski definition) is 4. The lowest BCUT2D eigenvalue weighted by molar-refractivity contribution is -0.131. The highest BCUT2D eigenvalue weighted by molar-refractivity contribution is 8.00. The lowest BCUT2D eigenvalue weighted by Crippen LogP contribution is -2.44. The number of aromatic nitrogens is 1. The highest BCUT2D eigenvalue weighted by atomic mass is 32.2. The summed E-state index contributed by atoms with van der Waals surface area (Å²) in [5.41, 5.74) is 5.94. The van der Waals surface area contributed by atoms with Gasteiger partial charge in [-0.1, -0.05) is 6.92 Å². The smallest absolute Gasteiger partial charge is 0.251 e. The fourth-order valence-corrected chi connectivity index (χ4v) is 3.29. The number of carbonyl (C=O) groups is 1. The normalized spacial score (nSPS) is 19.4. The van der Waals surface area contributed by atoms with E-state index in [9.17, 15) is 9.59 Å². The predicted octanol–water partition coefficient (Wildman–Crippen LogP) is 0.785. The molecule has 2 heterocycles. The minimum absolute atomic E-state index is 0.00792. The quantitative estimate of drug-likeness (QED) is 0.889. The zero-order valence-electron chi connectivity index (χ0n) is 11.0. The van der Waals surface area contributed by atoms with E-state index in [0.29, 0.717) is 10.9 Å². The van der Waals surface area contributed by atoms with Crippen LogP contribution in [0.15, 0.2) is 23.1 Å². The van der Waals surface area contributed by atoms with E-state index < -0.39 is 0 Å². The Bertz CT molecular complexity index is 515. The average Bonchev–Trinajstić information content (AvgIpc) is 2.43. The summed E-state index contributed by atoms with van der Waals surface area (Å²) in [7, 11) is 0. The Morgan fingerprint density at radius 2 is 2.32 bits per heavy atom. The van der Waals surface area contributed by atoms with Crippen molar-refractivity contribution in [2.75, 3.05) is 24.6 Å². The third-order valence-corrected chi connectivity index (χ3v) is 4.63. The first kappa shape index (κ1) is 14.0. The van der Waals surface area contributed by atoms with Crippen molar-refractivity contribution in [1.82, 2.24) is 9.47 Å². The van der Waals surface area contributed by atoms with E-state index in [1.807, 2.05) is 16.7 Å². The molecule has 1 aromatic rings. The number of amides is 1. The summed E-state index contributed by atoms with van der Waals surface area (Å²) < 4.78 is 1.38. The molecule has 1 fully saturated rings. The van der Waals surface area contributed by atoms with Gasteiger partial charge in [0.05, 0.1) is 0 Å². The maximum Gasteiger partial charge on any atom is 0.251 e. The Morgan fingerprint density at radius 3 is 3.05 bits per heavy atom. The van der Waals surface area contributed by atoms with Crippen LogP contribution < -0.4 is 11.3 Å². The zero-order valence-corrected chi connectivity index (χ0v) is 11.9. The molecule has 1 aromatic heterocycles. The molecule has 1 aliphatic heterocycles. The van der Waals surface area contributed by atoms with Crippen molar-refractivity contribution >= 4 is 23.4 Å². The van der Waals surface area contributed by atoms with Gasteiger partial charge in [0.25, 0.3) is 5.56 Å². The summed E-state index contributed by atoms with van der Waals surface area (Å²) in [4.78, 5) is 25.7. The van der Waals surface area contributed by atoms with Gasteiger partial charge in [0.2, 0.25) is 5.91 Å². The monoisotopic (exact) mass is 281 g/mol. The van der Waals surface area contributed by atoms with Gasteiger partial charge in [0.1, 0.15) is 6.54 Å². The van der Waals surface area contributed by atoms with Crippen LogP contribution in [-0.4, -0.2) is 39.5 Å². The summed E-state index contributed by atoms with van der Waals surface area (Å²) in [6.45, 7) is 3.74. The van der Waals surface area contributed by atoms with Crippen LogP contribution in [0.4, 0.5) is 5.69 Å². The highest BCUT2D eigenvalue weighted by Gasteiger charge is 2.23. The topological polar surface area (TPSA) is 68.3 Å². The summed E-state index contributed by atoms with van der Waals surface area (Å²) in [6, 6.07) is 2.94. The second-order valence-electron chi connectivity index (χ2n) is 4.67. The molecule has 1 atom stereocenters. The third kappa shape index (κ3) is 3.53. The second-order valence-corrected chi connectivity index (χ2v) is 6.08. The van der Waals surface area contributed by atoms with Crippen molar-refractivity contribution in [1.29, 1.82) is 0 Å². The summed E-state index contributed by atoms with van der Waals surface area (Å²) in [5.74, 6) is 0.960. The number of anilines is 1. The van der Waals surface area contributed by atoms with Gasteiger partial charge < -0.3 is 15.2 Å². The first-order valence-electron chi connectivity index (χ1n) is 6.45. The number of nitrogens with two attached hydrogens (primary N) is 1. The molecular formula is C13H19N3O2S. The summed E-state index contributed by atoms with van der Waals surface area (Å²) >= 11 is 1.91. The number of thioether (sulfide) groups is 1. The minimum Gasteiger partial charge on any atom is -0.398 e. The SMILES string of the molecule is CCC1CN(C(=O)Cn2cc(N)ccc2=O)CCS1. The molecule has 1 aliphatic rings. The highest BCUT2D eigenvalue weighted by Crippen LogP contribution is 2.21. The minimum atomic E-state index is -0.194. The average molecular weight is 281 g/mol. The molecule has 19 heavy (non-hydrogen) atoms. The maximum absolute atomic E-state index is 12.2. The molecule has 0 spiro atoms. The van der Waals surface area contributed by atoms with Crippen molar-refractivity contribution in [3.05, 3.63) is 28.7 Å². The first-order valence-corrected chi connectivity index (χ1v) is 7.50. The predicted molar refractivity (Wildman–Crippen MR) is 78.2 cm³/mol. The standard InChI is InChI=1S/C13H19N3O2S/c1-2-11-8-15(5-6-19-11)13(18)9-16-7-10(14)3-4-12(16)17/h3-4,7,11H,2,5-6,8-9,14H2,1H3. The number of pyridine rings is 1. The third-order valence-electron chi connectivity index (χ3n) is 3.26. The second kappa shape index (κ2) is 6.14. The van der Waals surface area contributed by atoms with Gasteiger partial charge in [0.15, 0.2) is 0 Å². The lowest BCUT2D eigenvalue weighted by Gasteiger charge is -2.32. The Balaban J connectivity index is 2.04. The Morgan fingerprint density at radius 1 is 1.53 bits per heavy atom. The van der Waals surface area contributed by atoms with Crippen molar-refractivity contribution in [2.45, 2.75) is 25.1 Å². The van der Waals surface area contributed by atoms with Crippen molar-refractivity contribution in [2.24, 2.45) is 0 Å². The van der Waals surface area contributed by atoms with Crippen molar-refractivity contribution in [3.63, 3.8) is 0 Å². The number of carbonyl (C=O) groups excluding carboxylic acids is 1. The fraction of sp³-hybridized carbons (Fsp3) is 0.538. The van der Waals surface area contributed by atoms with Crippen LogP contribution in [0.2, 0.25) is 0 Å². The van der Waals surface area contributed by atoms with Gasteiger partial charge in [-0.05, 0) is 12.5 Å². The molecule has 0 radical (unpaired) electrons. The van der Waals surface area contributed by atoms with Crippen LogP contribution in [-0.2, 0) is 11.3 Å². The van der Waals surface area contributed by atoms with E-state index in [4.69, 9.17) is 5.73 Å². The molecule has 0 aliphatic carbocycles. The van der Waals surface area contributed by atoms with Crippen LogP contribution in [0.25, 0.3) is 0 Å². The zero-order chi connectivity index (χ0) is 13.8. The maximum atomic E-state index is 12.2. The van der Waals surface area contributed by atoms with Crippen LogP contribution >= 0.6 is 11.8 Å². The van der Waals surface area contributed by atoms with E-state index in [0.717, 1.165) is 25.3 Å². The lowest BCUT2D eigenvalue weighted by atomic mass is 10.3. The van der Waals surface area contributed by atoms with Crippen LogP contribution in [0.1, 0.15) is 13.3 Å². The van der Waals surface area contributed by atoms with Crippen LogP contribution in [0, 0.1) is 0 Å². The molecule has 1 unspecified atom stereocenters.